The zero-order chi connectivity index (χ0) is 15.4. The first-order valence-electron chi connectivity index (χ1n) is 6.62. The molecule has 0 unspecified atom stereocenters. The van der Waals surface area contributed by atoms with Gasteiger partial charge in [0.15, 0.2) is 6.29 Å². The molecular formula is C14H20O7. The number of rotatable bonds is 5. The molecule has 1 saturated heterocycles. The molecule has 1 aliphatic rings. The van der Waals surface area contributed by atoms with E-state index in [-0.39, 0.29) is 6.61 Å². The molecule has 0 radical (unpaired) electrons. The number of hydrogen-bond donors (Lipinski definition) is 4. The molecule has 7 nitrogen and oxygen atoms in total. The van der Waals surface area contributed by atoms with E-state index in [4.69, 9.17) is 19.3 Å². The Kier molecular flexibility index (Phi) is 5.51. The van der Waals surface area contributed by atoms with Crippen molar-refractivity contribution in [2.75, 3.05) is 13.7 Å². The minimum atomic E-state index is -1.51. The van der Waals surface area contributed by atoms with E-state index in [9.17, 15) is 15.3 Å². The summed E-state index contributed by atoms with van der Waals surface area (Å²) in [7, 11) is 1.57. The van der Waals surface area contributed by atoms with Crippen LogP contribution in [-0.4, -0.2) is 64.8 Å². The Bertz CT molecular complexity index is 435. The van der Waals surface area contributed by atoms with E-state index in [0.717, 1.165) is 5.56 Å². The van der Waals surface area contributed by atoms with E-state index in [1.54, 1.807) is 31.4 Å². The molecule has 0 bridgehead atoms. The highest BCUT2D eigenvalue weighted by Crippen LogP contribution is 2.23. The van der Waals surface area contributed by atoms with Crippen LogP contribution in [0.4, 0.5) is 0 Å². The molecule has 7 heteroatoms. The van der Waals surface area contributed by atoms with Crippen molar-refractivity contribution >= 4 is 0 Å². The van der Waals surface area contributed by atoms with Crippen molar-refractivity contribution in [1.29, 1.82) is 0 Å². The van der Waals surface area contributed by atoms with E-state index in [0.29, 0.717) is 5.75 Å². The number of hydrogen-bond acceptors (Lipinski definition) is 7. The second-order valence-corrected chi connectivity index (χ2v) is 4.85. The van der Waals surface area contributed by atoms with E-state index < -0.39 is 37.3 Å². The van der Waals surface area contributed by atoms with E-state index in [1.165, 1.54) is 0 Å². The van der Waals surface area contributed by atoms with Crippen molar-refractivity contribution in [2.45, 2.75) is 37.3 Å². The number of methoxy groups -OCH3 is 1. The van der Waals surface area contributed by atoms with Crippen LogP contribution in [0.2, 0.25) is 0 Å². The molecule has 1 aromatic carbocycles. The molecule has 1 fully saturated rings. The van der Waals surface area contributed by atoms with Crippen LogP contribution in [0, 0.1) is 0 Å². The van der Waals surface area contributed by atoms with Crippen LogP contribution in [0.5, 0.6) is 5.75 Å². The highest BCUT2D eigenvalue weighted by molar-refractivity contribution is 5.26. The van der Waals surface area contributed by atoms with Crippen LogP contribution < -0.4 is 4.74 Å². The molecule has 0 saturated carbocycles. The smallest absolute Gasteiger partial charge is 0.184 e. The van der Waals surface area contributed by atoms with Gasteiger partial charge in [0, 0.05) is 0 Å². The highest BCUT2D eigenvalue weighted by atomic mass is 16.6. The Hall–Kier alpha value is -1.22. The van der Waals surface area contributed by atoms with Gasteiger partial charge in [0.05, 0.1) is 20.3 Å². The van der Waals surface area contributed by atoms with Crippen molar-refractivity contribution in [2.24, 2.45) is 0 Å². The summed E-state index contributed by atoms with van der Waals surface area (Å²) in [6.45, 7) is -0.346. The Labute approximate surface area is 122 Å². The SMILES string of the molecule is COc1ccc(CO[C@@H]2[C@@H](O)[C@H](O)O[C@H](CO)[C@@H]2O)cc1. The number of benzene rings is 1. The first-order valence-corrected chi connectivity index (χ1v) is 6.62. The maximum Gasteiger partial charge on any atom is 0.184 e. The van der Waals surface area contributed by atoms with Gasteiger partial charge in [-0.15, -0.1) is 0 Å². The van der Waals surface area contributed by atoms with Gasteiger partial charge < -0.3 is 34.6 Å². The molecule has 0 amide bonds. The van der Waals surface area contributed by atoms with Gasteiger partial charge in [-0.2, -0.15) is 0 Å². The fourth-order valence-electron chi connectivity index (χ4n) is 2.18. The maximum absolute atomic E-state index is 9.98. The molecule has 4 N–H and O–H groups in total. The fraction of sp³-hybridized carbons (Fsp3) is 0.571. The lowest BCUT2D eigenvalue weighted by molar-refractivity contribution is -0.296. The van der Waals surface area contributed by atoms with E-state index in [2.05, 4.69) is 0 Å². The van der Waals surface area contributed by atoms with E-state index in [1.807, 2.05) is 0 Å². The largest absolute Gasteiger partial charge is 0.497 e. The first-order chi connectivity index (χ1) is 10.1. The monoisotopic (exact) mass is 300 g/mol. The maximum atomic E-state index is 9.98. The summed E-state index contributed by atoms with van der Waals surface area (Å²) >= 11 is 0. The molecule has 0 aliphatic carbocycles. The zero-order valence-electron chi connectivity index (χ0n) is 11.6. The number of aliphatic hydroxyl groups is 4. The molecule has 1 heterocycles. The van der Waals surface area contributed by atoms with E-state index >= 15 is 0 Å². The quantitative estimate of drug-likeness (QED) is 0.553. The summed E-state index contributed by atoms with van der Waals surface area (Å²) in [5.41, 5.74) is 0.816. The normalized spacial score (nSPS) is 32.9. The van der Waals surface area contributed by atoms with Crippen molar-refractivity contribution in [1.82, 2.24) is 0 Å². The zero-order valence-corrected chi connectivity index (χ0v) is 11.6. The lowest BCUT2D eigenvalue weighted by Crippen LogP contribution is -2.59. The van der Waals surface area contributed by atoms with Crippen LogP contribution in [0.3, 0.4) is 0 Å². The third-order valence-electron chi connectivity index (χ3n) is 3.44. The lowest BCUT2D eigenvalue weighted by atomic mass is 9.99. The summed E-state index contributed by atoms with van der Waals surface area (Å²) in [5, 5.41) is 38.4. The van der Waals surface area contributed by atoms with Crippen LogP contribution in [0.15, 0.2) is 24.3 Å². The van der Waals surface area contributed by atoms with Gasteiger partial charge in [0.1, 0.15) is 30.2 Å². The van der Waals surface area contributed by atoms with Crippen molar-refractivity contribution in [3.63, 3.8) is 0 Å². The molecule has 0 spiro atoms. The lowest BCUT2D eigenvalue weighted by Gasteiger charge is -2.39. The summed E-state index contributed by atoms with van der Waals surface area (Å²) in [4.78, 5) is 0. The van der Waals surface area contributed by atoms with Crippen molar-refractivity contribution in [3.05, 3.63) is 29.8 Å². The number of ether oxygens (including phenoxy) is 3. The summed E-state index contributed by atoms with van der Waals surface area (Å²) in [6.07, 6.45) is -6.17. The fourth-order valence-corrected chi connectivity index (χ4v) is 2.18. The Morgan fingerprint density at radius 1 is 1.10 bits per heavy atom. The summed E-state index contributed by atoms with van der Waals surface area (Å²) in [6, 6.07) is 7.11. The summed E-state index contributed by atoms with van der Waals surface area (Å²) < 4.78 is 15.4. The van der Waals surface area contributed by atoms with Gasteiger partial charge in [-0.3, -0.25) is 0 Å². The average molecular weight is 300 g/mol. The molecule has 1 aliphatic heterocycles. The summed E-state index contributed by atoms with van der Waals surface area (Å²) in [5.74, 6) is 0.709. The second-order valence-electron chi connectivity index (χ2n) is 4.85. The Morgan fingerprint density at radius 2 is 1.76 bits per heavy atom. The number of aliphatic hydroxyl groups excluding tert-OH is 4. The Morgan fingerprint density at radius 3 is 2.33 bits per heavy atom. The average Bonchev–Trinajstić information content (AvgIpc) is 2.51. The molecule has 1 aromatic rings. The molecule has 118 valence electrons. The third kappa shape index (κ3) is 3.70. The van der Waals surface area contributed by atoms with Crippen LogP contribution in [0.1, 0.15) is 5.56 Å². The van der Waals surface area contributed by atoms with Crippen molar-refractivity contribution in [3.8, 4) is 5.75 Å². The van der Waals surface area contributed by atoms with Crippen LogP contribution in [0.25, 0.3) is 0 Å². The molecular weight excluding hydrogens is 280 g/mol. The van der Waals surface area contributed by atoms with Gasteiger partial charge in [-0.1, -0.05) is 12.1 Å². The second kappa shape index (κ2) is 7.17. The van der Waals surface area contributed by atoms with Crippen molar-refractivity contribution < 1.29 is 34.6 Å². The minimum absolute atomic E-state index is 0.133. The molecule has 21 heavy (non-hydrogen) atoms. The molecule has 2 rings (SSSR count). The predicted octanol–water partition coefficient (Wildman–Crippen LogP) is -0.988. The third-order valence-corrected chi connectivity index (χ3v) is 3.44. The first kappa shape index (κ1) is 16.2. The standard InChI is InChI=1S/C14H20O7/c1-19-9-4-2-8(3-5-9)7-20-13-11(16)10(6-15)21-14(18)12(13)17/h2-5,10-18H,6-7H2,1H3/t10-,11+,12-,13+,14-/m1/s1. The van der Waals surface area contributed by atoms with Crippen LogP contribution >= 0.6 is 0 Å². The molecule has 0 aromatic heterocycles. The van der Waals surface area contributed by atoms with Gasteiger partial charge >= 0.3 is 0 Å². The van der Waals surface area contributed by atoms with Gasteiger partial charge in [-0.25, -0.2) is 0 Å². The highest BCUT2D eigenvalue weighted by Gasteiger charge is 2.44. The van der Waals surface area contributed by atoms with Crippen LogP contribution in [-0.2, 0) is 16.1 Å². The molecule has 5 atom stereocenters. The van der Waals surface area contributed by atoms with Gasteiger partial charge in [0.2, 0.25) is 0 Å². The topological polar surface area (TPSA) is 109 Å². The van der Waals surface area contributed by atoms with Gasteiger partial charge in [-0.05, 0) is 17.7 Å². The Balaban J connectivity index is 1.98. The van der Waals surface area contributed by atoms with Gasteiger partial charge in [0.25, 0.3) is 0 Å². The minimum Gasteiger partial charge on any atom is -0.497 e. The predicted molar refractivity (Wildman–Crippen MR) is 71.6 cm³/mol.